The predicted octanol–water partition coefficient (Wildman–Crippen LogP) is 2.25. The average Bonchev–Trinajstić information content (AvgIpc) is 2.50. The van der Waals surface area contributed by atoms with Crippen LogP contribution >= 0.6 is 11.6 Å². The summed E-state index contributed by atoms with van der Waals surface area (Å²) in [6, 6.07) is 3.25. The first-order valence-corrected chi connectivity index (χ1v) is 5.70. The number of carbonyl (C=O) groups is 1. The Kier molecular flexibility index (Phi) is 3.02. The van der Waals surface area contributed by atoms with Crippen molar-refractivity contribution in [2.45, 2.75) is 19.6 Å². The molecule has 0 bridgehead atoms. The third-order valence-corrected chi connectivity index (χ3v) is 2.70. The second kappa shape index (κ2) is 4.20. The molecule has 0 atom stereocenters. The summed E-state index contributed by atoms with van der Waals surface area (Å²) >= 11 is 6.05. The Hall–Kier alpha value is -1.26. The molecule has 2 rings (SSSR count). The summed E-state index contributed by atoms with van der Waals surface area (Å²) in [4.78, 5) is 11.8. The van der Waals surface area contributed by atoms with E-state index in [0.717, 1.165) is 0 Å². The fourth-order valence-electron chi connectivity index (χ4n) is 1.71. The van der Waals surface area contributed by atoms with Crippen LogP contribution in [0.1, 0.15) is 24.2 Å². The molecule has 0 unspecified atom stereocenters. The molecule has 5 heteroatoms. The van der Waals surface area contributed by atoms with Crippen LogP contribution in [0.3, 0.4) is 0 Å². The zero-order valence-electron chi connectivity index (χ0n) is 9.96. The van der Waals surface area contributed by atoms with Gasteiger partial charge in [0, 0.05) is 25.5 Å². The number of ether oxygens (including phenoxy) is 2. The second-order valence-corrected chi connectivity index (χ2v) is 4.74. The van der Waals surface area contributed by atoms with Crippen LogP contribution < -0.4 is 14.8 Å². The van der Waals surface area contributed by atoms with Crippen LogP contribution in [0, 0.1) is 0 Å². The maximum Gasteiger partial charge on any atom is 0.246 e. The maximum atomic E-state index is 11.8. The fourth-order valence-corrected chi connectivity index (χ4v) is 1.97. The molecular weight excluding hydrogens is 242 g/mol. The van der Waals surface area contributed by atoms with Crippen LogP contribution in [-0.2, 0) is 0 Å². The fraction of sp³-hybridized carbons (Fsp3) is 0.417. The van der Waals surface area contributed by atoms with E-state index in [1.807, 2.05) is 0 Å². The lowest BCUT2D eigenvalue weighted by molar-refractivity contribution is -0.0431. The highest BCUT2D eigenvalue weighted by Crippen LogP contribution is 2.42. The van der Waals surface area contributed by atoms with Gasteiger partial charge in [-0.1, -0.05) is 11.6 Å². The molecule has 0 spiro atoms. The molecule has 1 N–H and O–H groups in total. The van der Waals surface area contributed by atoms with Gasteiger partial charge in [0.25, 0.3) is 0 Å². The molecule has 0 saturated carbocycles. The van der Waals surface area contributed by atoms with E-state index < -0.39 is 5.79 Å². The molecule has 0 fully saturated rings. The largest absolute Gasteiger partial charge is 0.449 e. The molecular formula is C12H14ClNO3. The maximum absolute atomic E-state index is 11.8. The summed E-state index contributed by atoms with van der Waals surface area (Å²) in [5, 5.41) is 3.18. The van der Waals surface area contributed by atoms with Crippen molar-refractivity contribution in [2.75, 3.05) is 13.6 Å². The van der Waals surface area contributed by atoms with Crippen molar-refractivity contribution in [3.05, 3.63) is 22.7 Å². The molecule has 1 aliphatic rings. The van der Waals surface area contributed by atoms with E-state index in [4.69, 9.17) is 21.1 Å². The average molecular weight is 256 g/mol. The molecule has 0 saturated heterocycles. The minimum atomic E-state index is -0.712. The normalized spacial score (nSPS) is 16.0. The van der Waals surface area contributed by atoms with E-state index in [9.17, 15) is 4.79 Å². The van der Waals surface area contributed by atoms with Crippen molar-refractivity contribution in [1.29, 1.82) is 0 Å². The van der Waals surface area contributed by atoms with Gasteiger partial charge in [-0.25, -0.2) is 0 Å². The van der Waals surface area contributed by atoms with Crippen molar-refractivity contribution < 1.29 is 14.3 Å². The minimum Gasteiger partial charge on any atom is -0.449 e. The molecule has 1 aliphatic heterocycles. The number of fused-ring (bicyclic) bond motifs is 1. The SMILES string of the molecule is CNCC(=O)c1cc2c(cc1Cl)OC(C)(C)O2. The quantitative estimate of drug-likeness (QED) is 0.842. The summed E-state index contributed by atoms with van der Waals surface area (Å²) in [6.07, 6.45) is 0. The molecule has 1 aromatic carbocycles. The Balaban J connectivity index is 2.37. The molecule has 4 nitrogen and oxygen atoms in total. The monoisotopic (exact) mass is 255 g/mol. The predicted molar refractivity (Wildman–Crippen MR) is 65.0 cm³/mol. The highest BCUT2D eigenvalue weighted by Gasteiger charge is 2.33. The van der Waals surface area contributed by atoms with E-state index in [2.05, 4.69) is 5.32 Å². The molecule has 92 valence electrons. The molecule has 17 heavy (non-hydrogen) atoms. The Morgan fingerprint density at radius 3 is 2.53 bits per heavy atom. The zero-order chi connectivity index (χ0) is 12.6. The number of hydrogen-bond acceptors (Lipinski definition) is 4. The first-order valence-electron chi connectivity index (χ1n) is 5.32. The van der Waals surface area contributed by atoms with E-state index in [-0.39, 0.29) is 12.3 Å². The summed E-state index contributed by atoms with van der Waals surface area (Å²) in [7, 11) is 1.71. The smallest absolute Gasteiger partial charge is 0.246 e. The lowest BCUT2D eigenvalue weighted by Gasteiger charge is -2.16. The Labute approximate surface area is 105 Å². The van der Waals surface area contributed by atoms with Crippen LogP contribution in [-0.4, -0.2) is 25.2 Å². The van der Waals surface area contributed by atoms with Gasteiger partial charge in [0.1, 0.15) is 0 Å². The number of Topliss-reactive ketones (excluding diaryl/α,β-unsaturated/α-hetero) is 1. The third kappa shape index (κ3) is 2.37. The number of ketones is 1. The van der Waals surface area contributed by atoms with E-state index in [1.54, 1.807) is 33.0 Å². The van der Waals surface area contributed by atoms with Crippen LogP contribution in [0.2, 0.25) is 5.02 Å². The van der Waals surface area contributed by atoms with Gasteiger partial charge in [0.2, 0.25) is 5.79 Å². The van der Waals surface area contributed by atoms with Gasteiger partial charge < -0.3 is 14.8 Å². The van der Waals surface area contributed by atoms with Crippen molar-refractivity contribution in [3.8, 4) is 11.5 Å². The Morgan fingerprint density at radius 1 is 1.35 bits per heavy atom. The van der Waals surface area contributed by atoms with Crippen LogP contribution in [0.4, 0.5) is 0 Å². The van der Waals surface area contributed by atoms with Gasteiger partial charge in [0.15, 0.2) is 17.3 Å². The lowest BCUT2D eigenvalue weighted by atomic mass is 10.1. The van der Waals surface area contributed by atoms with Crippen molar-refractivity contribution >= 4 is 17.4 Å². The second-order valence-electron chi connectivity index (χ2n) is 4.34. The zero-order valence-corrected chi connectivity index (χ0v) is 10.7. The van der Waals surface area contributed by atoms with Crippen molar-refractivity contribution in [1.82, 2.24) is 5.32 Å². The lowest BCUT2D eigenvalue weighted by Crippen LogP contribution is -2.29. The van der Waals surface area contributed by atoms with Crippen LogP contribution in [0.25, 0.3) is 0 Å². The molecule has 0 radical (unpaired) electrons. The molecule has 1 aromatic rings. The van der Waals surface area contributed by atoms with Gasteiger partial charge in [-0.05, 0) is 13.1 Å². The van der Waals surface area contributed by atoms with Gasteiger partial charge in [-0.15, -0.1) is 0 Å². The highest BCUT2D eigenvalue weighted by molar-refractivity contribution is 6.34. The van der Waals surface area contributed by atoms with Crippen molar-refractivity contribution in [2.24, 2.45) is 0 Å². The van der Waals surface area contributed by atoms with Gasteiger partial charge >= 0.3 is 0 Å². The summed E-state index contributed by atoms with van der Waals surface area (Å²) in [5.74, 6) is 0.338. The van der Waals surface area contributed by atoms with Crippen LogP contribution in [0.5, 0.6) is 11.5 Å². The van der Waals surface area contributed by atoms with Crippen LogP contribution in [0.15, 0.2) is 12.1 Å². The summed E-state index contributed by atoms with van der Waals surface area (Å²) in [6.45, 7) is 3.84. The van der Waals surface area contributed by atoms with Gasteiger partial charge in [-0.3, -0.25) is 4.79 Å². The van der Waals surface area contributed by atoms with Gasteiger partial charge in [0.05, 0.1) is 11.6 Å². The Bertz CT molecular complexity index is 471. The third-order valence-electron chi connectivity index (χ3n) is 2.38. The summed E-state index contributed by atoms with van der Waals surface area (Å²) in [5.41, 5.74) is 0.445. The number of benzene rings is 1. The van der Waals surface area contributed by atoms with E-state index >= 15 is 0 Å². The highest BCUT2D eigenvalue weighted by atomic mass is 35.5. The van der Waals surface area contributed by atoms with E-state index in [1.165, 1.54) is 0 Å². The molecule has 0 aromatic heterocycles. The summed E-state index contributed by atoms with van der Waals surface area (Å²) < 4.78 is 11.1. The molecule has 0 aliphatic carbocycles. The Morgan fingerprint density at radius 2 is 1.94 bits per heavy atom. The minimum absolute atomic E-state index is 0.0754. The number of likely N-dealkylation sites (N-methyl/N-ethyl adjacent to an activating group) is 1. The molecule has 1 heterocycles. The topological polar surface area (TPSA) is 47.6 Å². The van der Waals surface area contributed by atoms with Gasteiger partial charge in [-0.2, -0.15) is 0 Å². The van der Waals surface area contributed by atoms with Crippen molar-refractivity contribution in [3.63, 3.8) is 0 Å². The standard InChI is InChI=1S/C12H14ClNO3/c1-12(2)16-10-4-7(9(15)6-14-3)8(13)5-11(10)17-12/h4-5,14H,6H2,1-3H3. The molecule has 0 amide bonds. The number of rotatable bonds is 3. The number of hydrogen-bond donors (Lipinski definition) is 1. The number of halogens is 1. The first kappa shape index (κ1) is 12.2. The number of nitrogens with one attached hydrogen (secondary N) is 1. The first-order chi connectivity index (χ1) is 7.93. The number of carbonyl (C=O) groups excluding carboxylic acids is 1. The van der Waals surface area contributed by atoms with E-state index in [0.29, 0.717) is 22.1 Å².